The molecule has 1 unspecified atom stereocenters. The topological polar surface area (TPSA) is 22.0 Å². The standard InChI is InChI=1S/C30H33NOSi/c1-6-7-17-31-26-16-15-21(18-24(26)28-20(2)11-10-14-27(28)31)19-25-29(32)22-12-8-9-13-23(22)30(25)33(3,4)5/h8-16,18-19,30H,6-7,17H2,1-5H3/b25-19+. The summed E-state index contributed by atoms with van der Waals surface area (Å²) in [4.78, 5) is 13.5. The minimum atomic E-state index is -1.64. The first kappa shape index (κ1) is 21.9. The highest BCUT2D eigenvalue weighted by molar-refractivity contribution is 6.79. The summed E-state index contributed by atoms with van der Waals surface area (Å²) >= 11 is 0. The Balaban J connectivity index is 1.70. The third-order valence-corrected chi connectivity index (χ3v) is 9.49. The van der Waals surface area contributed by atoms with Gasteiger partial charge in [-0.3, -0.25) is 4.79 Å². The number of aryl methyl sites for hydroxylation is 2. The Morgan fingerprint density at radius 2 is 1.76 bits per heavy atom. The molecule has 1 atom stereocenters. The number of rotatable bonds is 5. The molecule has 1 heterocycles. The Kier molecular flexibility index (Phi) is 5.41. The zero-order valence-electron chi connectivity index (χ0n) is 20.4. The summed E-state index contributed by atoms with van der Waals surface area (Å²) in [7, 11) is -1.64. The molecule has 0 fully saturated rings. The second kappa shape index (κ2) is 8.14. The van der Waals surface area contributed by atoms with Crippen LogP contribution in [0.1, 0.15) is 52.4 Å². The van der Waals surface area contributed by atoms with Crippen LogP contribution in [0.15, 0.2) is 66.2 Å². The lowest BCUT2D eigenvalue weighted by atomic mass is 10.0. The van der Waals surface area contributed by atoms with Crippen molar-refractivity contribution in [3.8, 4) is 0 Å². The fourth-order valence-electron chi connectivity index (χ4n) is 5.66. The van der Waals surface area contributed by atoms with Gasteiger partial charge in [-0.15, -0.1) is 0 Å². The number of hydrogen-bond acceptors (Lipinski definition) is 1. The molecule has 0 aliphatic heterocycles. The minimum absolute atomic E-state index is 0.208. The molecule has 4 aromatic rings. The highest BCUT2D eigenvalue weighted by Gasteiger charge is 2.41. The molecule has 33 heavy (non-hydrogen) atoms. The van der Waals surface area contributed by atoms with E-state index in [1.165, 1.54) is 45.8 Å². The second-order valence-corrected chi connectivity index (χ2v) is 15.9. The molecular weight excluding hydrogens is 418 g/mol. The molecule has 1 aromatic heterocycles. The zero-order chi connectivity index (χ0) is 23.3. The van der Waals surface area contributed by atoms with Crippen LogP contribution in [0.3, 0.4) is 0 Å². The Morgan fingerprint density at radius 3 is 2.52 bits per heavy atom. The van der Waals surface area contributed by atoms with Crippen molar-refractivity contribution < 1.29 is 4.79 Å². The maximum atomic E-state index is 13.5. The number of aromatic nitrogens is 1. The van der Waals surface area contributed by atoms with E-state index in [1.807, 2.05) is 12.1 Å². The predicted octanol–water partition coefficient (Wildman–Crippen LogP) is 8.14. The molecule has 0 amide bonds. The van der Waals surface area contributed by atoms with E-state index in [-0.39, 0.29) is 11.3 Å². The van der Waals surface area contributed by atoms with E-state index in [4.69, 9.17) is 0 Å². The van der Waals surface area contributed by atoms with Crippen LogP contribution in [0, 0.1) is 6.92 Å². The number of nitrogens with zero attached hydrogens (tertiary/aromatic N) is 1. The fourth-order valence-corrected chi connectivity index (χ4v) is 8.00. The second-order valence-electron chi connectivity index (χ2n) is 10.6. The summed E-state index contributed by atoms with van der Waals surface area (Å²) in [6, 6.07) is 21.6. The monoisotopic (exact) mass is 451 g/mol. The molecule has 1 aliphatic rings. The predicted molar refractivity (Wildman–Crippen MR) is 144 cm³/mol. The van der Waals surface area contributed by atoms with Crippen molar-refractivity contribution in [2.45, 2.75) is 58.4 Å². The van der Waals surface area contributed by atoms with Gasteiger partial charge in [-0.2, -0.15) is 0 Å². The molecular formula is C30H33NOSi. The van der Waals surface area contributed by atoms with Crippen molar-refractivity contribution in [1.82, 2.24) is 4.57 Å². The number of carbonyl (C=O) groups excluding carboxylic acids is 1. The van der Waals surface area contributed by atoms with Crippen LogP contribution < -0.4 is 0 Å². The van der Waals surface area contributed by atoms with Crippen LogP contribution >= 0.6 is 0 Å². The summed E-state index contributed by atoms with van der Waals surface area (Å²) < 4.78 is 2.47. The van der Waals surface area contributed by atoms with Gasteiger partial charge in [0.2, 0.25) is 0 Å². The van der Waals surface area contributed by atoms with Crippen molar-refractivity contribution in [1.29, 1.82) is 0 Å². The fraction of sp³-hybridized carbons (Fsp3) is 0.300. The Labute approximate surface area is 197 Å². The molecule has 0 bridgehead atoms. The quantitative estimate of drug-likeness (QED) is 0.222. The zero-order valence-corrected chi connectivity index (χ0v) is 21.4. The van der Waals surface area contributed by atoms with Crippen molar-refractivity contribution in [2.75, 3.05) is 0 Å². The number of benzene rings is 3. The Morgan fingerprint density at radius 1 is 0.970 bits per heavy atom. The highest BCUT2D eigenvalue weighted by Crippen LogP contribution is 2.44. The molecule has 0 saturated heterocycles. The van der Waals surface area contributed by atoms with Crippen molar-refractivity contribution in [3.05, 3.63) is 88.5 Å². The number of fused-ring (bicyclic) bond motifs is 4. The summed E-state index contributed by atoms with van der Waals surface area (Å²) in [5.74, 6) is 0.208. The molecule has 3 aromatic carbocycles. The molecule has 0 N–H and O–H groups in total. The lowest BCUT2D eigenvalue weighted by Gasteiger charge is -2.26. The number of allylic oxidation sites excluding steroid dienone is 1. The van der Waals surface area contributed by atoms with Crippen molar-refractivity contribution in [3.63, 3.8) is 0 Å². The van der Waals surface area contributed by atoms with E-state index in [0.717, 1.165) is 23.2 Å². The summed E-state index contributed by atoms with van der Waals surface area (Å²) in [6.07, 6.45) is 4.53. The SMILES string of the molecule is CCCCn1c2ccc(/C=C3\C(=O)c4ccccc4C3[Si](C)(C)C)cc2c2c(C)cccc21. The number of carbonyl (C=O) groups is 1. The largest absolute Gasteiger partial charge is 0.340 e. The Bertz CT molecular complexity index is 1420. The van der Waals surface area contributed by atoms with Crippen LogP contribution in [0.4, 0.5) is 0 Å². The van der Waals surface area contributed by atoms with Gasteiger partial charge in [0.25, 0.3) is 0 Å². The van der Waals surface area contributed by atoms with Crippen molar-refractivity contribution in [2.24, 2.45) is 0 Å². The smallest absolute Gasteiger partial charge is 0.189 e. The third-order valence-electron chi connectivity index (χ3n) is 7.14. The number of unbranched alkanes of at least 4 members (excludes halogenated alkanes) is 1. The summed E-state index contributed by atoms with van der Waals surface area (Å²) in [6.45, 7) is 12.6. The maximum Gasteiger partial charge on any atom is 0.189 e. The van der Waals surface area contributed by atoms with Crippen molar-refractivity contribution >= 4 is 41.7 Å². The van der Waals surface area contributed by atoms with Gasteiger partial charge in [-0.1, -0.05) is 75.5 Å². The highest BCUT2D eigenvalue weighted by atomic mass is 28.3. The van der Waals surface area contributed by atoms with Crippen LogP contribution in [0.25, 0.3) is 27.9 Å². The molecule has 1 aliphatic carbocycles. The summed E-state index contributed by atoms with van der Waals surface area (Å²) in [5.41, 5.74) is 8.36. The number of hydrogen-bond donors (Lipinski definition) is 0. The van der Waals surface area contributed by atoms with Crippen LogP contribution in [-0.4, -0.2) is 18.4 Å². The van der Waals surface area contributed by atoms with E-state index in [9.17, 15) is 4.79 Å². The van der Waals surface area contributed by atoms with Gasteiger partial charge in [-0.25, -0.2) is 0 Å². The molecule has 0 radical (unpaired) electrons. The van der Waals surface area contributed by atoms with Gasteiger partial charge in [-0.05, 0) is 54.3 Å². The van der Waals surface area contributed by atoms with Gasteiger partial charge in [0.1, 0.15) is 0 Å². The molecule has 3 heteroatoms. The molecule has 0 saturated carbocycles. The van der Waals surface area contributed by atoms with E-state index in [0.29, 0.717) is 0 Å². The molecule has 5 rings (SSSR count). The van der Waals surface area contributed by atoms with Crippen LogP contribution in [-0.2, 0) is 6.54 Å². The van der Waals surface area contributed by atoms with E-state index < -0.39 is 8.07 Å². The van der Waals surface area contributed by atoms with E-state index >= 15 is 0 Å². The average molecular weight is 452 g/mol. The normalized spacial score (nSPS) is 17.4. The number of ketones is 1. The minimum Gasteiger partial charge on any atom is -0.340 e. The van der Waals surface area contributed by atoms with E-state index in [2.05, 4.69) is 92.7 Å². The van der Waals surface area contributed by atoms with Gasteiger partial charge < -0.3 is 4.57 Å². The Hall–Kier alpha value is -2.91. The average Bonchev–Trinajstić information content (AvgIpc) is 3.25. The van der Waals surface area contributed by atoms with Gasteiger partial charge in [0.05, 0.1) is 8.07 Å². The molecule has 0 spiro atoms. The van der Waals surface area contributed by atoms with Gasteiger partial charge >= 0.3 is 0 Å². The summed E-state index contributed by atoms with van der Waals surface area (Å²) in [5, 5.41) is 2.63. The number of Topliss-reactive ketones (excluding diaryl/α,β-unsaturated/α-hetero) is 1. The van der Waals surface area contributed by atoms with E-state index in [1.54, 1.807) is 0 Å². The van der Waals surface area contributed by atoms with Gasteiger partial charge in [0.15, 0.2) is 5.78 Å². The van der Waals surface area contributed by atoms with Crippen LogP contribution in [0.5, 0.6) is 0 Å². The lowest BCUT2D eigenvalue weighted by molar-refractivity contribution is 0.104. The lowest BCUT2D eigenvalue weighted by Crippen LogP contribution is -2.31. The third kappa shape index (κ3) is 3.59. The van der Waals surface area contributed by atoms with Gasteiger partial charge in [0, 0.05) is 45.0 Å². The maximum absolute atomic E-state index is 13.5. The van der Waals surface area contributed by atoms with Crippen LogP contribution in [0.2, 0.25) is 19.6 Å². The molecule has 168 valence electrons. The first-order chi connectivity index (χ1) is 15.8. The first-order valence-electron chi connectivity index (χ1n) is 12.2. The first-order valence-corrected chi connectivity index (χ1v) is 15.8. The molecule has 2 nitrogen and oxygen atoms in total.